The van der Waals surface area contributed by atoms with Crippen LogP contribution in [0.4, 0.5) is 11.8 Å². The largest absolute Gasteiger partial charge is 0.368 e. The summed E-state index contributed by atoms with van der Waals surface area (Å²) in [5.41, 5.74) is 7.14. The SMILES string of the molecule is CC1CN(C)CCN1c1cc(C2CCCCC2)nc(N)n1. The van der Waals surface area contributed by atoms with Gasteiger partial charge in [0.15, 0.2) is 0 Å². The molecule has 116 valence electrons. The number of hydrogen-bond donors (Lipinski definition) is 1. The minimum atomic E-state index is 0.430. The molecule has 1 atom stereocenters. The first-order chi connectivity index (χ1) is 10.1. The number of likely N-dealkylation sites (N-methyl/N-ethyl adjacent to an activating group) is 1. The Kier molecular flexibility index (Phi) is 4.29. The van der Waals surface area contributed by atoms with Gasteiger partial charge in [0.05, 0.1) is 5.69 Å². The highest BCUT2D eigenvalue weighted by atomic mass is 15.3. The van der Waals surface area contributed by atoms with Crippen molar-refractivity contribution in [2.45, 2.75) is 51.0 Å². The van der Waals surface area contributed by atoms with Crippen molar-refractivity contribution in [3.63, 3.8) is 0 Å². The highest BCUT2D eigenvalue weighted by Crippen LogP contribution is 2.33. The van der Waals surface area contributed by atoms with E-state index in [0.29, 0.717) is 17.9 Å². The zero-order valence-corrected chi connectivity index (χ0v) is 13.3. The Labute approximate surface area is 127 Å². The molecule has 0 radical (unpaired) electrons. The molecule has 1 saturated carbocycles. The van der Waals surface area contributed by atoms with Gasteiger partial charge < -0.3 is 15.5 Å². The Bertz CT molecular complexity index is 484. The summed E-state index contributed by atoms with van der Waals surface area (Å²) in [5.74, 6) is 2.02. The number of rotatable bonds is 2. The summed E-state index contributed by atoms with van der Waals surface area (Å²) in [4.78, 5) is 13.8. The lowest BCUT2D eigenvalue weighted by atomic mass is 9.87. The van der Waals surface area contributed by atoms with Gasteiger partial charge in [-0.3, -0.25) is 0 Å². The smallest absolute Gasteiger partial charge is 0.222 e. The van der Waals surface area contributed by atoms with Crippen molar-refractivity contribution in [3.05, 3.63) is 11.8 Å². The lowest BCUT2D eigenvalue weighted by Gasteiger charge is -2.39. The molecule has 3 rings (SSSR count). The van der Waals surface area contributed by atoms with Crippen LogP contribution in [-0.4, -0.2) is 47.6 Å². The monoisotopic (exact) mass is 289 g/mol. The molecule has 0 spiro atoms. The van der Waals surface area contributed by atoms with Crippen LogP contribution in [0.25, 0.3) is 0 Å². The molecule has 1 aliphatic carbocycles. The number of nitrogens with zero attached hydrogens (tertiary/aromatic N) is 4. The minimum Gasteiger partial charge on any atom is -0.368 e. The maximum Gasteiger partial charge on any atom is 0.222 e. The van der Waals surface area contributed by atoms with E-state index in [4.69, 9.17) is 5.73 Å². The predicted octanol–water partition coefficient (Wildman–Crippen LogP) is 2.25. The van der Waals surface area contributed by atoms with Crippen LogP contribution in [0.2, 0.25) is 0 Å². The Morgan fingerprint density at radius 2 is 1.90 bits per heavy atom. The average Bonchev–Trinajstić information content (AvgIpc) is 2.47. The number of piperazine rings is 1. The Hall–Kier alpha value is -1.36. The van der Waals surface area contributed by atoms with Crippen LogP contribution in [0, 0.1) is 0 Å². The molecule has 0 aromatic carbocycles. The van der Waals surface area contributed by atoms with E-state index in [1.807, 2.05) is 0 Å². The molecule has 0 bridgehead atoms. The van der Waals surface area contributed by atoms with Crippen LogP contribution in [0.3, 0.4) is 0 Å². The lowest BCUT2D eigenvalue weighted by Crippen LogP contribution is -2.50. The van der Waals surface area contributed by atoms with Gasteiger partial charge in [-0.25, -0.2) is 4.98 Å². The molecule has 1 aromatic heterocycles. The molecule has 2 aliphatic rings. The second kappa shape index (κ2) is 6.18. The van der Waals surface area contributed by atoms with Crippen molar-refractivity contribution in [2.75, 3.05) is 37.3 Å². The molecule has 0 amide bonds. The van der Waals surface area contributed by atoms with Crippen molar-refractivity contribution in [2.24, 2.45) is 0 Å². The number of hydrogen-bond acceptors (Lipinski definition) is 5. The average molecular weight is 289 g/mol. The molecule has 1 unspecified atom stereocenters. The van der Waals surface area contributed by atoms with Crippen LogP contribution < -0.4 is 10.6 Å². The topological polar surface area (TPSA) is 58.3 Å². The first-order valence-electron chi connectivity index (χ1n) is 8.23. The summed E-state index contributed by atoms with van der Waals surface area (Å²) in [6.45, 7) is 5.42. The van der Waals surface area contributed by atoms with Crippen LogP contribution in [0.5, 0.6) is 0 Å². The number of anilines is 2. The fourth-order valence-corrected chi connectivity index (χ4v) is 3.71. The van der Waals surface area contributed by atoms with Gasteiger partial charge in [-0.05, 0) is 26.8 Å². The van der Waals surface area contributed by atoms with E-state index >= 15 is 0 Å². The summed E-state index contributed by atoms with van der Waals surface area (Å²) < 4.78 is 0. The quantitative estimate of drug-likeness (QED) is 0.905. The fraction of sp³-hybridized carbons (Fsp3) is 0.750. The van der Waals surface area contributed by atoms with Crippen molar-refractivity contribution < 1.29 is 0 Å². The summed E-state index contributed by atoms with van der Waals surface area (Å²) in [6, 6.07) is 2.66. The lowest BCUT2D eigenvalue weighted by molar-refractivity contribution is 0.274. The van der Waals surface area contributed by atoms with Crippen molar-refractivity contribution in [1.29, 1.82) is 0 Å². The summed E-state index contributed by atoms with van der Waals surface area (Å²) in [5, 5.41) is 0. The van der Waals surface area contributed by atoms with Gasteiger partial charge in [0, 0.05) is 37.7 Å². The van der Waals surface area contributed by atoms with Gasteiger partial charge in [0.2, 0.25) is 5.95 Å². The summed E-state index contributed by atoms with van der Waals surface area (Å²) >= 11 is 0. The van der Waals surface area contributed by atoms with E-state index in [-0.39, 0.29) is 0 Å². The molecule has 2 fully saturated rings. The number of nitrogen functional groups attached to an aromatic ring is 1. The van der Waals surface area contributed by atoms with Gasteiger partial charge in [-0.1, -0.05) is 19.3 Å². The zero-order chi connectivity index (χ0) is 14.8. The van der Waals surface area contributed by atoms with Crippen molar-refractivity contribution >= 4 is 11.8 Å². The van der Waals surface area contributed by atoms with E-state index < -0.39 is 0 Å². The van der Waals surface area contributed by atoms with E-state index in [9.17, 15) is 0 Å². The van der Waals surface area contributed by atoms with Gasteiger partial charge >= 0.3 is 0 Å². The third-order valence-electron chi connectivity index (χ3n) is 4.90. The molecule has 21 heavy (non-hydrogen) atoms. The van der Waals surface area contributed by atoms with Crippen LogP contribution in [0.1, 0.15) is 50.6 Å². The Morgan fingerprint density at radius 1 is 1.14 bits per heavy atom. The highest BCUT2D eigenvalue weighted by molar-refractivity contribution is 5.45. The van der Waals surface area contributed by atoms with E-state index in [0.717, 1.165) is 31.1 Å². The molecule has 2 heterocycles. The molecular formula is C16H27N5. The second-order valence-corrected chi connectivity index (χ2v) is 6.65. The maximum atomic E-state index is 5.99. The van der Waals surface area contributed by atoms with Gasteiger partial charge in [0.25, 0.3) is 0 Å². The Morgan fingerprint density at radius 3 is 2.62 bits per heavy atom. The molecule has 1 aromatic rings. The van der Waals surface area contributed by atoms with Crippen molar-refractivity contribution in [1.82, 2.24) is 14.9 Å². The fourth-order valence-electron chi connectivity index (χ4n) is 3.71. The van der Waals surface area contributed by atoms with Gasteiger partial charge in [-0.15, -0.1) is 0 Å². The molecular weight excluding hydrogens is 262 g/mol. The van der Waals surface area contributed by atoms with Crippen molar-refractivity contribution in [3.8, 4) is 0 Å². The van der Waals surface area contributed by atoms with E-state index in [2.05, 4.69) is 39.8 Å². The molecule has 1 aliphatic heterocycles. The van der Waals surface area contributed by atoms with E-state index in [1.54, 1.807) is 0 Å². The first kappa shape index (κ1) is 14.6. The maximum absolute atomic E-state index is 5.99. The van der Waals surface area contributed by atoms with Crippen LogP contribution in [-0.2, 0) is 0 Å². The minimum absolute atomic E-state index is 0.430. The molecule has 2 N–H and O–H groups in total. The third kappa shape index (κ3) is 3.28. The third-order valence-corrected chi connectivity index (χ3v) is 4.90. The molecule has 5 nitrogen and oxygen atoms in total. The summed E-state index contributed by atoms with van der Waals surface area (Å²) in [6.07, 6.45) is 6.48. The number of nitrogens with two attached hydrogens (primary N) is 1. The van der Waals surface area contributed by atoms with Crippen LogP contribution in [0.15, 0.2) is 6.07 Å². The second-order valence-electron chi connectivity index (χ2n) is 6.65. The zero-order valence-electron chi connectivity index (χ0n) is 13.3. The summed E-state index contributed by atoms with van der Waals surface area (Å²) in [7, 11) is 2.18. The first-order valence-corrected chi connectivity index (χ1v) is 8.23. The van der Waals surface area contributed by atoms with Crippen LogP contribution >= 0.6 is 0 Å². The number of aromatic nitrogens is 2. The molecule has 1 saturated heterocycles. The van der Waals surface area contributed by atoms with Gasteiger partial charge in [0.1, 0.15) is 5.82 Å². The molecule has 5 heteroatoms. The Balaban J connectivity index is 1.83. The predicted molar refractivity (Wildman–Crippen MR) is 86.6 cm³/mol. The van der Waals surface area contributed by atoms with E-state index in [1.165, 1.54) is 32.1 Å². The standard InChI is InChI=1S/C16H27N5/c1-12-11-20(2)8-9-21(12)15-10-14(18-16(17)19-15)13-6-4-3-5-7-13/h10,12-13H,3-9,11H2,1-2H3,(H2,17,18,19). The van der Waals surface area contributed by atoms with Gasteiger partial charge in [-0.2, -0.15) is 4.98 Å². The normalized spacial score (nSPS) is 25.2. The highest BCUT2D eigenvalue weighted by Gasteiger charge is 2.25.